The van der Waals surface area contributed by atoms with Crippen molar-refractivity contribution in [3.8, 4) is 22.9 Å². The van der Waals surface area contributed by atoms with Crippen molar-refractivity contribution in [1.29, 1.82) is 5.26 Å². The molecule has 168 valence electrons. The number of benzene rings is 4. The molecule has 0 aliphatic rings. The van der Waals surface area contributed by atoms with Crippen molar-refractivity contribution in [3.63, 3.8) is 0 Å². The molecule has 3 nitrogen and oxygen atoms in total. The SMILES string of the molecule is CC(Cc1c(F)cc(-c2ccc(C(=O)Oc3ccc(C#N)cc3)cc2)cc1F)c1ccccc1. The molecule has 4 rings (SSSR count). The number of hydrogen-bond donors (Lipinski definition) is 0. The minimum atomic E-state index is -0.595. The average molecular weight is 453 g/mol. The van der Waals surface area contributed by atoms with Crippen LogP contribution in [0.5, 0.6) is 5.75 Å². The van der Waals surface area contributed by atoms with Crippen molar-refractivity contribution in [2.24, 2.45) is 0 Å². The summed E-state index contributed by atoms with van der Waals surface area (Å²) in [5, 5.41) is 8.84. The summed E-state index contributed by atoms with van der Waals surface area (Å²) in [5.74, 6) is -1.47. The van der Waals surface area contributed by atoms with E-state index in [1.54, 1.807) is 36.4 Å². The Morgan fingerprint density at radius 3 is 2.09 bits per heavy atom. The number of ether oxygens (including phenoxy) is 1. The van der Waals surface area contributed by atoms with E-state index in [2.05, 4.69) is 0 Å². The van der Waals surface area contributed by atoms with Crippen LogP contribution in [0.3, 0.4) is 0 Å². The van der Waals surface area contributed by atoms with Crippen molar-refractivity contribution in [3.05, 3.63) is 125 Å². The first-order valence-corrected chi connectivity index (χ1v) is 10.8. The van der Waals surface area contributed by atoms with Crippen LogP contribution in [-0.4, -0.2) is 5.97 Å². The number of esters is 1. The van der Waals surface area contributed by atoms with E-state index in [0.717, 1.165) is 5.56 Å². The van der Waals surface area contributed by atoms with Gasteiger partial charge in [-0.25, -0.2) is 13.6 Å². The molecule has 0 aromatic heterocycles. The number of nitrogens with zero attached hydrogens (tertiary/aromatic N) is 1. The van der Waals surface area contributed by atoms with Gasteiger partial charge in [0.15, 0.2) is 0 Å². The van der Waals surface area contributed by atoms with Gasteiger partial charge >= 0.3 is 5.97 Å². The van der Waals surface area contributed by atoms with Crippen LogP contribution in [0.25, 0.3) is 11.1 Å². The zero-order chi connectivity index (χ0) is 24.1. The van der Waals surface area contributed by atoms with Crippen LogP contribution in [0.4, 0.5) is 8.78 Å². The van der Waals surface area contributed by atoms with Crippen LogP contribution in [0.15, 0.2) is 91.0 Å². The largest absolute Gasteiger partial charge is 0.423 e. The molecule has 0 amide bonds. The van der Waals surface area contributed by atoms with Gasteiger partial charge in [0.1, 0.15) is 17.4 Å². The molecular formula is C29H21F2NO2. The highest BCUT2D eigenvalue weighted by Gasteiger charge is 2.17. The van der Waals surface area contributed by atoms with Crippen molar-refractivity contribution in [1.82, 2.24) is 0 Å². The Morgan fingerprint density at radius 2 is 1.50 bits per heavy atom. The molecule has 0 aliphatic carbocycles. The zero-order valence-corrected chi connectivity index (χ0v) is 18.5. The van der Waals surface area contributed by atoms with Gasteiger partial charge < -0.3 is 4.74 Å². The van der Waals surface area contributed by atoms with Crippen LogP contribution in [0.1, 0.15) is 39.9 Å². The number of carbonyl (C=O) groups is 1. The van der Waals surface area contributed by atoms with Gasteiger partial charge in [-0.05, 0) is 77.6 Å². The third-order valence-electron chi connectivity index (χ3n) is 5.67. The summed E-state index contributed by atoms with van der Waals surface area (Å²) in [6.45, 7) is 1.94. The van der Waals surface area contributed by atoms with Gasteiger partial charge in [-0.1, -0.05) is 49.4 Å². The van der Waals surface area contributed by atoms with Crippen molar-refractivity contribution in [2.75, 3.05) is 0 Å². The van der Waals surface area contributed by atoms with Crippen LogP contribution in [0.2, 0.25) is 0 Å². The number of carbonyl (C=O) groups excluding carboxylic acids is 1. The fourth-order valence-electron chi connectivity index (χ4n) is 3.73. The fraction of sp³-hybridized carbons (Fsp3) is 0.103. The van der Waals surface area contributed by atoms with Gasteiger partial charge in [-0.3, -0.25) is 0 Å². The molecule has 0 aliphatic heterocycles. The Balaban J connectivity index is 1.48. The topological polar surface area (TPSA) is 50.1 Å². The second-order valence-electron chi connectivity index (χ2n) is 8.04. The Kier molecular flexibility index (Phi) is 6.79. The molecule has 0 saturated carbocycles. The van der Waals surface area contributed by atoms with Crippen molar-refractivity contribution < 1.29 is 18.3 Å². The van der Waals surface area contributed by atoms with E-state index in [9.17, 15) is 13.6 Å². The molecule has 34 heavy (non-hydrogen) atoms. The first kappa shape index (κ1) is 22.9. The van der Waals surface area contributed by atoms with Gasteiger partial charge in [0, 0.05) is 5.56 Å². The smallest absolute Gasteiger partial charge is 0.343 e. The molecular weight excluding hydrogens is 432 g/mol. The van der Waals surface area contributed by atoms with Crippen LogP contribution >= 0.6 is 0 Å². The van der Waals surface area contributed by atoms with E-state index in [1.807, 2.05) is 43.3 Å². The number of nitriles is 1. The minimum absolute atomic E-state index is 0.0301. The molecule has 0 N–H and O–H groups in total. The Morgan fingerprint density at radius 1 is 0.882 bits per heavy atom. The molecule has 0 fully saturated rings. The van der Waals surface area contributed by atoms with Gasteiger partial charge in [-0.2, -0.15) is 5.26 Å². The van der Waals surface area contributed by atoms with Gasteiger partial charge in [-0.15, -0.1) is 0 Å². The van der Waals surface area contributed by atoms with Gasteiger partial charge in [0.2, 0.25) is 0 Å². The van der Waals surface area contributed by atoms with Crippen molar-refractivity contribution >= 4 is 5.97 Å². The molecule has 0 saturated heterocycles. The summed E-state index contributed by atoms with van der Waals surface area (Å²) in [4.78, 5) is 12.4. The lowest BCUT2D eigenvalue weighted by Gasteiger charge is -2.14. The van der Waals surface area contributed by atoms with Gasteiger partial charge in [0.05, 0.1) is 17.2 Å². The normalized spacial score (nSPS) is 11.5. The Bertz CT molecular complexity index is 1320. The maximum atomic E-state index is 14.8. The van der Waals surface area contributed by atoms with E-state index in [0.29, 0.717) is 28.0 Å². The number of hydrogen-bond acceptors (Lipinski definition) is 3. The Hall–Kier alpha value is -4.30. The molecule has 4 aromatic rings. The average Bonchev–Trinajstić information content (AvgIpc) is 2.87. The molecule has 0 heterocycles. The molecule has 4 aromatic carbocycles. The van der Waals surface area contributed by atoms with E-state index in [-0.39, 0.29) is 17.9 Å². The number of halogens is 2. The molecule has 0 spiro atoms. The minimum Gasteiger partial charge on any atom is -0.423 e. The second-order valence-corrected chi connectivity index (χ2v) is 8.04. The highest BCUT2D eigenvalue weighted by atomic mass is 19.1. The van der Waals surface area contributed by atoms with E-state index in [1.165, 1.54) is 24.3 Å². The third-order valence-corrected chi connectivity index (χ3v) is 5.67. The summed E-state index contributed by atoms with van der Waals surface area (Å²) < 4.78 is 35.0. The van der Waals surface area contributed by atoms with Crippen LogP contribution < -0.4 is 4.74 Å². The van der Waals surface area contributed by atoms with Crippen LogP contribution in [-0.2, 0) is 6.42 Å². The maximum Gasteiger partial charge on any atom is 0.343 e. The van der Waals surface area contributed by atoms with E-state index >= 15 is 0 Å². The zero-order valence-electron chi connectivity index (χ0n) is 18.5. The summed E-state index contributed by atoms with van der Waals surface area (Å²) in [7, 11) is 0. The second kappa shape index (κ2) is 10.1. The van der Waals surface area contributed by atoms with Crippen molar-refractivity contribution in [2.45, 2.75) is 19.3 Å². The third kappa shape index (κ3) is 5.19. The van der Waals surface area contributed by atoms with E-state index < -0.39 is 17.6 Å². The monoisotopic (exact) mass is 453 g/mol. The summed E-state index contributed by atoms with van der Waals surface area (Å²) in [5.41, 5.74) is 2.80. The maximum absolute atomic E-state index is 14.8. The highest BCUT2D eigenvalue weighted by Crippen LogP contribution is 2.29. The standard InChI is InChI=1S/C29H21F2NO2/c1-19(21-5-3-2-4-6-21)15-26-27(30)16-24(17-28(26)31)22-9-11-23(12-10-22)29(33)34-25-13-7-20(18-32)8-14-25/h2-14,16-17,19H,15H2,1H3. The lowest BCUT2D eigenvalue weighted by molar-refractivity contribution is 0.0735. The molecule has 0 bridgehead atoms. The Labute approximate surface area is 196 Å². The molecule has 5 heteroatoms. The highest BCUT2D eigenvalue weighted by molar-refractivity contribution is 5.91. The lowest BCUT2D eigenvalue weighted by Crippen LogP contribution is -2.08. The van der Waals surface area contributed by atoms with Crippen LogP contribution in [0, 0.1) is 23.0 Å². The molecule has 1 atom stereocenters. The first-order chi connectivity index (χ1) is 16.4. The predicted molar refractivity (Wildman–Crippen MR) is 126 cm³/mol. The number of rotatable bonds is 6. The summed E-state index contributed by atoms with van der Waals surface area (Å²) in [6, 6.07) is 26.8. The lowest BCUT2D eigenvalue weighted by atomic mass is 9.92. The fourth-order valence-corrected chi connectivity index (χ4v) is 3.73. The molecule has 1 unspecified atom stereocenters. The first-order valence-electron chi connectivity index (χ1n) is 10.8. The summed E-state index contributed by atoms with van der Waals surface area (Å²) in [6.07, 6.45) is 0.252. The van der Waals surface area contributed by atoms with Gasteiger partial charge in [0.25, 0.3) is 0 Å². The molecule has 0 radical (unpaired) electrons. The van der Waals surface area contributed by atoms with E-state index in [4.69, 9.17) is 10.00 Å². The quantitative estimate of drug-likeness (QED) is 0.232. The predicted octanol–water partition coefficient (Wildman–Crippen LogP) is 7.07. The summed E-state index contributed by atoms with van der Waals surface area (Å²) >= 11 is 0.